The van der Waals surface area contributed by atoms with Crippen molar-refractivity contribution in [2.45, 2.75) is 19.4 Å². The van der Waals surface area contributed by atoms with E-state index in [0.29, 0.717) is 10.7 Å². The lowest BCUT2D eigenvalue weighted by molar-refractivity contribution is 0.398. The zero-order valence-corrected chi connectivity index (χ0v) is 12.9. The monoisotopic (exact) mass is 299 g/mol. The summed E-state index contributed by atoms with van der Waals surface area (Å²) in [4.78, 5) is 7.72. The van der Waals surface area contributed by atoms with Crippen LogP contribution in [-0.4, -0.2) is 21.6 Å². The molecule has 5 heteroatoms. The van der Waals surface area contributed by atoms with E-state index in [2.05, 4.69) is 45.7 Å². The van der Waals surface area contributed by atoms with Gasteiger partial charge in [-0.2, -0.15) is 4.98 Å². The highest BCUT2D eigenvalue weighted by Crippen LogP contribution is 2.22. The van der Waals surface area contributed by atoms with Gasteiger partial charge in [-0.05, 0) is 37.2 Å². The van der Waals surface area contributed by atoms with Crippen LogP contribution in [0.3, 0.4) is 0 Å². The first kappa shape index (κ1) is 13.8. The first-order valence-corrected chi connectivity index (χ1v) is 7.29. The van der Waals surface area contributed by atoms with Gasteiger partial charge in [-0.3, -0.25) is 4.57 Å². The van der Waals surface area contributed by atoms with Crippen molar-refractivity contribution in [3.8, 4) is 5.88 Å². The van der Waals surface area contributed by atoms with Gasteiger partial charge in [-0.25, -0.2) is 0 Å². The van der Waals surface area contributed by atoms with Crippen LogP contribution in [0.15, 0.2) is 42.5 Å². The van der Waals surface area contributed by atoms with Crippen molar-refractivity contribution < 1.29 is 4.74 Å². The molecule has 21 heavy (non-hydrogen) atoms. The SMILES string of the molecule is COc1ccc2[nH]c(=S)n(C(C)Cc3ccccc3)c2n1. The molecule has 108 valence electrons. The number of ether oxygens (including phenoxy) is 1. The summed E-state index contributed by atoms with van der Waals surface area (Å²) in [5.41, 5.74) is 3.05. The molecule has 0 aliphatic rings. The number of H-pyrrole nitrogens is 1. The highest BCUT2D eigenvalue weighted by molar-refractivity contribution is 7.71. The van der Waals surface area contributed by atoms with Crippen LogP contribution in [-0.2, 0) is 6.42 Å². The zero-order valence-electron chi connectivity index (χ0n) is 12.0. The Kier molecular flexibility index (Phi) is 3.75. The van der Waals surface area contributed by atoms with Crippen molar-refractivity contribution in [1.82, 2.24) is 14.5 Å². The Hall–Kier alpha value is -2.14. The summed E-state index contributed by atoms with van der Waals surface area (Å²) in [6.07, 6.45) is 0.904. The minimum Gasteiger partial charge on any atom is -0.481 e. The summed E-state index contributed by atoms with van der Waals surface area (Å²) in [7, 11) is 1.62. The number of hydrogen-bond acceptors (Lipinski definition) is 3. The van der Waals surface area contributed by atoms with E-state index in [0.717, 1.165) is 17.6 Å². The standard InChI is InChI=1S/C16H17N3OS/c1-11(10-12-6-4-3-5-7-12)19-15-13(17-16(19)21)8-9-14(18-15)20-2/h3-9,11H,10H2,1-2H3,(H,17,21). The second-order valence-corrected chi connectivity index (χ2v) is 5.45. The molecule has 2 aromatic heterocycles. The fourth-order valence-electron chi connectivity index (χ4n) is 2.55. The highest BCUT2D eigenvalue weighted by Gasteiger charge is 2.13. The Balaban J connectivity index is 2.02. The molecule has 1 aromatic carbocycles. The Labute approximate surface area is 128 Å². The van der Waals surface area contributed by atoms with Crippen LogP contribution < -0.4 is 4.74 Å². The molecule has 0 radical (unpaired) electrons. The zero-order chi connectivity index (χ0) is 14.8. The van der Waals surface area contributed by atoms with E-state index in [1.165, 1.54) is 5.56 Å². The van der Waals surface area contributed by atoms with Crippen LogP contribution in [0.1, 0.15) is 18.5 Å². The third kappa shape index (κ3) is 2.69. The summed E-state index contributed by atoms with van der Waals surface area (Å²) in [5, 5.41) is 0. The maximum Gasteiger partial charge on any atom is 0.215 e. The predicted molar refractivity (Wildman–Crippen MR) is 86.3 cm³/mol. The van der Waals surface area contributed by atoms with Crippen LogP contribution in [0.2, 0.25) is 0 Å². The molecule has 0 amide bonds. The van der Waals surface area contributed by atoms with Crippen LogP contribution in [0.25, 0.3) is 11.2 Å². The molecule has 4 nitrogen and oxygen atoms in total. The molecule has 0 saturated heterocycles. The predicted octanol–water partition coefficient (Wildman–Crippen LogP) is 3.91. The van der Waals surface area contributed by atoms with Gasteiger partial charge in [0.2, 0.25) is 5.88 Å². The van der Waals surface area contributed by atoms with Gasteiger partial charge in [0.05, 0.1) is 12.6 Å². The average Bonchev–Trinajstić information content (AvgIpc) is 2.83. The highest BCUT2D eigenvalue weighted by atomic mass is 32.1. The summed E-state index contributed by atoms with van der Waals surface area (Å²) in [5.74, 6) is 0.595. The van der Waals surface area contributed by atoms with E-state index in [4.69, 9.17) is 17.0 Å². The van der Waals surface area contributed by atoms with E-state index in [1.807, 2.05) is 18.2 Å². The third-order valence-electron chi connectivity index (χ3n) is 3.56. The van der Waals surface area contributed by atoms with Crippen molar-refractivity contribution >= 4 is 23.4 Å². The van der Waals surface area contributed by atoms with E-state index < -0.39 is 0 Å². The molecule has 0 spiro atoms. The maximum atomic E-state index is 5.45. The van der Waals surface area contributed by atoms with Gasteiger partial charge in [-0.1, -0.05) is 30.3 Å². The molecule has 0 aliphatic carbocycles. The van der Waals surface area contributed by atoms with Gasteiger partial charge in [-0.15, -0.1) is 0 Å². The Morgan fingerprint density at radius 3 is 2.71 bits per heavy atom. The molecular formula is C16H17N3OS. The van der Waals surface area contributed by atoms with Crippen LogP contribution in [0.4, 0.5) is 0 Å². The Morgan fingerprint density at radius 2 is 2.00 bits per heavy atom. The molecule has 3 aromatic rings. The molecule has 0 saturated carbocycles. The van der Waals surface area contributed by atoms with E-state index >= 15 is 0 Å². The smallest absolute Gasteiger partial charge is 0.215 e. The molecule has 2 heterocycles. The van der Waals surface area contributed by atoms with Gasteiger partial charge >= 0.3 is 0 Å². The van der Waals surface area contributed by atoms with E-state index in [1.54, 1.807) is 7.11 Å². The first-order chi connectivity index (χ1) is 10.2. The maximum absolute atomic E-state index is 5.45. The van der Waals surface area contributed by atoms with Gasteiger partial charge in [0.1, 0.15) is 0 Å². The fourth-order valence-corrected chi connectivity index (χ4v) is 2.93. The number of nitrogens with one attached hydrogen (secondary N) is 1. The van der Waals surface area contributed by atoms with Gasteiger partial charge in [0, 0.05) is 12.1 Å². The summed E-state index contributed by atoms with van der Waals surface area (Å²) in [6.45, 7) is 2.15. The molecule has 0 aliphatic heterocycles. The normalized spacial score (nSPS) is 12.5. The molecule has 1 N–H and O–H groups in total. The van der Waals surface area contributed by atoms with Crippen LogP contribution in [0.5, 0.6) is 5.88 Å². The number of aromatic amines is 1. The Bertz CT molecular complexity index is 807. The van der Waals surface area contributed by atoms with E-state index in [9.17, 15) is 0 Å². The van der Waals surface area contributed by atoms with Crippen molar-refractivity contribution in [3.05, 3.63) is 52.8 Å². The van der Waals surface area contributed by atoms with Gasteiger partial charge in [0.25, 0.3) is 0 Å². The minimum atomic E-state index is 0.216. The largest absolute Gasteiger partial charge is 0.481 e. The number of aromatic nitrogens is 3. The fraction of sp³-hybridized carbons (Fsp3) is 0.250. The minimum absolute atomic E-state index is 0.216. The molecule has 3 rings (SSSR count). The Morgan fingerprint density at radius 1 is 1.24 bits per heavy atom. The van der Waals surface area contributed by atoms with Crippen molar-refractivity contribution in [1.29, 1.82) is 0 Å². The number of rotatable bonds is 4. The van der Waals surface area contributed by atoms with Crippen LogP contribution >= 0.6 is 12.2 Å². The number of fused-ring (bicyclic) bond motifs is 1. The molecule has 0 fully saturated rings. The number of methoxy groups -OCH3 is 1. The van der Waals surface area contributed by atoms with E-state index in [-0.39, 0.29) is 6.04 Å². The number of nitrogens with zero attached hydrogens (tertiary/aromatic N) is 2. The van der Waals surface area contributed by atoms with Crippen molar-refractivity contribution in [3.63, 3.8) is 0 Å². The summed E-state index contributed by atoms with van der Waals surface area (Å²) < 4.78 is 7.96. The number of imidazole rings is 1. The first-order valence-electron chi connectivity index (χ1n) is 6.88. The number of pyridine rings is 1. The molecule has 1 unspecified atom stereocenters. The van der Waals surface area contributed by atoms with Gasteiger partial charge < -0.3 is 9.72 Å². The summed E-state index contributed by atoms with van der Waals surface area (Å²) in [6, 6.07) is 14.4. The van der Waals surface area contributed by atoms with Gasteiger partial charge in [0.15, 0.2) is 10.4 Å². The van der Waals surface area contributed by atoms with Crippen molar-refractivity contribution in [2.24, 2.45) is 0 Å². The van der Waals surface area contributed by atoms with Crippen LogP contribution in [0, 0.1) is 4.77 Å². The second kappa shape index (κ2) is 5.69. The molecule has 1 atom stereocenters. The lowest BCUT2D eigenvalue weighted by Crippen LogP contribution is -2.09. The quantitative estimate of drug-likeness (QED) is 0.743. The molecule has 0 bridgehead atoms. The number of hydrogen-bond donors (Lipinski definition) is 1. The second-order valence-electron chi connectivity index (χ2n) is 5.06. The third-order valence-corrected chi connectivity index (χ3v) is 3.86. The molecular weight excluding hydrogens is 282 g/mol. The lowest BCUT2D eigenvalue weighted by Gasteiger charge is -2.14. The number of benzene rings is 1. The average molecular weight is 299 g/mol. The summed E-state index contributed by atoms with van der Waals surface area (Å²) >= 11 is 5.45. The van der Waals surface area contributed by atoms with Crippen molar-refractivity contribution in [2.75, 3.05) is 7.11 Å². The topological polar surface area (TPSA) is 42.8 Å². The lowest BCUT2D eigenvalue weighted by atomic mass is 10.1.